The van der Waals surface area contributed by atoms with Crippen LogP contribution in [0.3, 0.4) is 0 Å². The number of amides is 1. The number of fused-ring (bicyclic) bond motifs is 1. The Labute approximate surface area is 189 Å². The van der Waals surface area contributed by atoms with E-state index in [9.17, 15) is 4.79 Å². The summed E-state index contributed by atoms with van der Waals surface area (Å²) < 4.78 is 7.85. The highest BCUT2D eigenvalue weighted by molar-refractivity contribution is 5.99. The minimum absolute atomic E-state index is 0.0548. The van der Waals surface area contributed by atoms with Crippen LogP contribution >= 0.6 is 0 Å². The van der Waals surface area contributed by atoms with Crippen LogP contribution in [-0.2, 0) is 34.3 Å². The van der Waals surface area contributed by atoms with Crippen molar-refractivity contribution in [1.29, 1.82) is 0 Å². The maximum atomic E-state index is 13.5. The van der Waals surface area contributed by atoms with E-state index in [1.165, 1.54) is 5.56 Å². The van der Waals surface area contributed by atoms with Gasteiger partial charge in [-0.05, 0) is 42.5 Å². The first-order chi connectivity index (χ1) is 15.7. The lowest BCUT2D eigenvalue weighted by molar-refractivity contribution is -0.125. The van der Waals surface area contributed by atoms with Crippen LogP contribution in [0.25, 0.3) is 0 Å². The van der Waals surface area contributed by atoms with Crippen molar-refractivity contribution in [1.82, 2.24) is 14.8 Å². The van der Waals surface area contributed by atoms with Crippen molar-refractivity contribution in [2.75, 3.05) is 18.5 Å². The fourth-order valence-corrected chi connectivity index (χ4v) is 5.13. The quantitative estimate of drug-likeness (QED) is 0.657. The van der Waals surface area contributed by atoms with E-state index >= 15 is 0 Å². The van der Waals surface area contributed by atoms with Gasteiger partial charge in [0.1, 0.15) is 11.6 Å². The van der Waals surface area contributed by atoms with Crippen LogP contribution in [0.2, 0.25) is 0 Å². The molecule has 6 nitrogen and oxygen atoms in total. The van der Waals surface area contributed by atoms with Crippen molar-refractivity contribution in [2.24, 2.45) is 0 Å². The van der Waals surface area contributed by atoms with E-state index < -0.39 is 5.41 Å². The maximum Gasteiger partial charge on any atom is 0.235 e. The zero-order chi connectivity index (χ0) is 22.0. The summed E-state index contributed by atoms with van der Waals surface area (Å²) in [7, 11) is 0. The molecule has 0 aliphatic carbocycles. The normalized spacial score (nSPS) is 19.8. The first-order valence-electron chi connectivity index (χ1n) is 11.7. The van der Waals surface area contributed by atoms with Gasteiger partial charge in [-0.2, -0.15) is 0 Å². The maximum absolute atomic E-state index is 13.5. The molecule has 0 bridgehead atoms. The molecule has 32 heavy (non-hydrogen) atoms. The molecule has 2 aliphatic rings. The van der Waals surface area contributed by atoms with Gasteiger partial charge in [-0.25, -0.2) is 0 Å². The molecule has 6 heteroatoms. The molecule has 1 N–H and O–H groups in total. The monoisotopic (exact) mass is 430 g/mol. The number of ether oxygens (including phenoxy) is 1. The topological polar surface area (TPSA) is 69.0 Å². The number of aromatic nitrogens is 3. The lowest BCUT2D eigenvalue weighted by atomic mass is 9.73. The van der Waals surface area contributed by atoms with Gasteiger partial charge in [-0.15, -0.1) is 10.2 Å². The molecule has 0 spiro atoms. The van der Waals surface area contributed by atoms with Gasteiger partial charge in [0.25, 0.3) is 0 Å². The van der Waals surface area contributed by atoms with Crippen LogP contribution in [0, 0.1) is 0 Å². The largest absolute Gasteiger partial charge is 0.381 e. The first-order valence-corrected chi connectivity index (χ1v) is 11.7. The number of carbonyl (C=O) groups excluding carboxylic acids is 1. The van der Waals surface area contributed by atoms with Gasteiger partial charge in [0.2, 0.25) is 5.91 Å². The number of hydrogen-bond acceptors (Lipinski definition) is 4. The Kier molecular flexibility index (Phi) is 5.79. The van der Waals surface area contributed by atoms with E-state index in [4.69, 9.17) is 4.74 Å². The number of nitrogens with zero attached hydrogens (tertiary/aromatic N) is 3. The van der Waals surface area contributed by atoms with Crippen molar-refractivity contribution in [3.8, 4) is 0 Å². The molecule has 3 aromatic rings. The molecule has 5 rings (SSSR count). The lowest BCUT2D eigenvalue weighted by Gasteiger charge is -2.36. The Morgan fingerprint density at radius 3 is 2.56 bits per heavy atom. The lowest BCUT2D eigenvalue weighted by Crippen LogP contribution is -2.44. The predicted molar refractivity (Wildman–Crippen MR) is 124 cm³/mol. The van der Waals surface area contributed by atoms with Gasteiger partial charge in [0.15, 0.2) is 0 Å². The highest BCUT2D eigenvalue weighted by Gasteiger charge is 2.41. The minimum atomic E-state index is -0.539. The standard InChI is InChI=1S/C26H30N4O2/c1-2-23-28-29-24-13-10-20(18-30(23)24)19-8-11-22(12-9-19)27-25(31)26(14-16-32-17-15-26)21-6-4-3-5-7-21/h3-9,11-12,20H,2,10,13-18H2,1H3,(H,27,31)/t20-/m1/s1. The molecule has 1 atom stereocenters. The molecule has 2 aliphatic heterocycles. The van der Waals surface area contributed by atoms with Crippen LogP contribution in [0.1, 0.15) is 54.9 Å². The van der Waals surface area contributed by atoms with Gasteiger partial charge >= 0.3 is 0 Å². The second kappa shape index (κ2) is 8.87. The Balaban J connectivity index is 1.32. The summed E-state index contributed by atoms with van der Waals surface area (Å²) >= 11 is 0. The molecular weight excluding hydrogens is 400 g/mol. The van der Waals surface area contributed by atoms with Gasteiger partial charge in [0.05, 0.1) is 5.41 Å². The fourth-order valence-electron chi connectivity index (χ4n) is 5.13. The average molecular weight is 431 g/mol. The molecule has 0 radical (unpaired) electrons. The Hall–Kier alpha value is -2.99. The Morgan fingerprint density at radius 2 is 1.84 bits per heavy atom. The van der Waals surface area contributed by atoms with Crippen LogP contribution < -0.4 is 5.32 Å². The van der Waals surface area contributed by atoms with Crippen molar-refractivity contribution < 1.29 is 9.53 Å². The van der Waals surface area contributed by atoms with E-state index in [0.29, 0.717) is 32.0 Å². The van der Waals surface area contributed by atoms with E-state index in [0.717, 1.165) is 48.7 Å². The second-order valence-corrected chi connectivity index (χ2v) is 8.87. The number of carbonyl (C=O) groups is 1. The summed E-state index contributed by atoms with van der Waals surface area (Å²) in [6, 6.07) is 18.5. The molecule has 2 aromatic carbocycles. The van der Waals surface area contributed by atoms with Gasteiger partial charge in [-0.1, -0.05) is 49.4 Å². The predicted octanol–water partition coefficient (Wildman–Crippen LogP) is 4.26. The SMILES string of the molecule is CCc1nnc2n1C[C@H](c1ccc(NC(=O)C3(c4ccccc4)CCOCC3)cc1)CC2. The zero-order valence-corrected chi connectivity index (χ0v) is 18.6. The highest BCUT2D eigenvalue weighted by Crippen LogP contribution is 2.36. The van der Waals surface area contributed by atoms with Gasteiger partial charge in [-0.3, -0.25) is 4.79 Å². The number of benzene rings is 2. The summed E-state index contributed by atoms with van der Waals surface area (Å²) in [6.07, 6.45) is 4.33. The molecule has 0 saturated carbocycles. The van der Waals surface area contributed by atoms with Crippen LogP contribution in [0.5, 0.6) is 0 Å². The third kappa shape index (κ3) is 3.84. The first kappa shape index (κ1) is 20.9. The highest BCUT2D eigenvalue weighted by atomic mass is 16.5. The molecule has 1 fully saturated rings. The molecule has 166 valence electrons. The van der Waals surface area contributed by atoms with Crippen molar-refractivity contribution in [2.45, 2.75) is 56.9 Å². The zero-order valence-electron chi connectivity index (χ0n) is 18.6. The van der Waals surface area contributed by atoms with Crippen molar-refractivity contribution in [3.05, 3.63) is 77.4 Å². The van der Waals surface area contributed by atoms with E-state index in [-0.39, 0.29) is 5.91 Å². The van der Waals surface area contributed by atoms with E-state index in [1.54, 1.807) is 0 Å². The van der Waals surface area contributed by atoms with Gasteiger partial charge < -0.3 is 14.6 Å². The third-order valence-electron chi connectivity index (χ3n) is 7.09. The Morgan fingerprint density at radius 1 is 1.09 bits per heavy atom. The van der Waals surface area contributed by atoms with Crippen LogP contribution in [-0.4, -0.2) is 33.9 Å². The molecular formula is C26H30N4O2. The number of rotatable bonds is 5. The smallest absolute Gasteiger partial charge is 0.235 e. The molecule has 1 saturated heterocycles. The molecule has 1 amide bonds. The molecule has 0 unspecified atom stereocenters. The number of nitrogens with one attached hydrogen (secondary N) is 1. The summed E-state index contributed by atoms with van der Waals surface area (Å²) in [5.74, 6) is 2.67. The van der Waals surface area contributed by atoms with Crippen LogP contribution in [0.4, 0.5) is 5.69 Å². The molecule has 3 heterocycles. The average Bonchev–Trinajstić information content (AvgIpc) is 3.28. The number of hydrogen-bond donors (Lipinski definition) is 1. The van der Waals surface area contributed by atoms with Crippen molar-refractivity contribution in [3.63, 3.8) is 0 Å². The van der Waals surface area contributed by atoms with Crippen LogP contribution in [0.15, 0.2) is 54.6 Å². The van der Waals surface area contributed by atoms with Crippen molar-refractivity contribution >= 4 is 11.6 Å². The third-order valence-corrected chi connectivity index (χ3v) is 7.09. The Bertz CT molecular complexity index is 1060. The fraction of sp³-hybridized carbons (Fsp3) is 0.423. The summed E-state index contributed by atoms with van der Waals surface area (Å²) in [5, 5.41) is 11.8. The summed E-state index contributed by atoms with van der Waals surface area (Å²) in [6.45, 7) is 4.26. The van der Waals surface area contributed by atoms with E-state index in [2.05, 4.69) is 51.3 Å². The van der Waals surface area contributed by atoms with Gasteiger partial charge in [0, 0.05) is 44.2 Å². The van der Waals surface area contributed by atoms with E-state index in [1.807, 2.05) is 30.3 Å². The number of anilines is 1. The number of aryl methyl sites for hydroxylation is 2. The minimum Gasteiger partial charge on any atom is -0.381 e. The summed E-state index contributed by atoms with van der Waals surface area (Å²) in [5.41, 5.74) is 2.67. The summed E-state index contributed by atoms with van der Waals surface area (Å²) in [4.78, 5) is 13.5. The molecule has 1 aromatic heterocycles. The second-order valence-electron chi connectivity index (χ2n) is 8.87.